The second-order valence-electron chi connectivity index (χ2n) is 6.53. The Morgan fingerprint density at radius 1 is 1.37 bits per heavy atom. The third kappa shape index (κ3) is 3.11. The van der Waals surface area contributed by atoms with Crippen LogP contribution in [0.4, 0.5) is 5.69 Å². The highest BCUT2D eigenvalue weighted by Crippen LogP contribution is 2.29. The zero-order chi connectivity index (χ0) is 14.2. The van der Waals surface area contributed by atoms with E-state index in [9.17, 15) is 0 Å². The first-order valence-corrected chi connectivity index (χ1v) is 7.26. The van der Waals surface area contributed by atoms with Crippen LogP contribution in [0.5, 0.6) is 0 Å². The molecule has 1 unspecified atom stereocenters. The number of rotatable bonds is 3. The standard InChI is InChI=1S/C15H27N3O/c1-10(2)18-12(4)14(11(3)17-18)16-13-7-8-19-15(5,6)9-13/h10,13,16H,7-9H2,1-6H3. The van der Waals surface area contributed by atoms with E-state index in [1.165, 1.54) is 11.4 Å². The summed E-state index contributed by atoms with van der Waals surface area (Å²) in [5, 5.41) is 8.32. The van der Waals surface area contributed by atoms with Crippen molar-refractivity contribution >= 4 is 5.69 Å². The lowest BCUT2D eigenvalue weighted by Gasteiger charge is -2.36. The molecule has 1 fully saturated rings. The maximum Gasteiger partial charge on any atom is 0.0828 e. The SMILES string of the molecule is Cc1nn(C(C)C)c(C)c1NC1CCOC(C)(C)C1. The molecule has 0 bridgehead atoms. The average Bonchev–Trinajstić information content (AvgIpc) is 2.56. The van der Waals surface area contributed by atoms with Crippen molar-refractivity contribution in [1.82, 2.24) is 9.78 Å². The van der Waals surface area contributed by atoms with Gasteiger partial charge in [-0.15, -0.1) is 0 Å². The van der Waals surface area contributed by atoms with Crippen molar-refractivity contribution in [3.8, 4) is 0 Å². The van der Waals surface area contributed by atoms with Crippen LogP contribution in [0.2, 0.25) is 0 Å². The monoisotopic (exact) mass is 265 g/mol. The van der Waals surface area contributed by atoms with Crippen LogP contribution in [0.1, 0.15) is 58.0 Å². The topological polar surface area (TPSA) is 39.1 Å². The van der Waals surface area contributed by atoms with Crippen LogP contribution in [0.15, 0.2) is 0 Å². The highest BCUT2D eigenvalue weighted by molar-refractivity contribution is 5.53. The van der Waals surface area contributed by atoms with Gasteiger partial charge < -0.3 is 10.1 Å². The molecule has 1 N–H and O–H groups in total. The van der Waals surface area contributed by atoms with Crippen LogP contribution in [-0.2, 0) is 4.74 Å². The Hall–Kier alpha value is -1.03. The largest absolute Gasteiger partial charge is 0.379 e. The summed E-state index contributed by atoms with van der Waals surface area (Å²) in [6.07, 6.45) is 2.11. The van der Waals surface area contributed by atoms with Gasteiger partial charge in [-0.25, -0.2) is 0 Å². The van der Waals surface area contributed by atoms with Gasteiger partial charge in [-0.2, -0.15) is 5.10 Å². The number of anilines is 1. The fraction of sp³-hybridized carbons (Fsp3) is 0.800. The molecule has 4 heteroatoms. The summed E-state index contributed by atoms with van der Waals surface area (Å²) in [6.45, 7) is 13.7. The first-order chi connectivity index (χ1) is 8.80. The third-order valence-corrected chi connectivity index (χ3v) is 3.86. The van der Waals surface area contributed by atoms with Crippen molar-refractivity contribution in [3.63, 3.8) is 0 Å². The molecule has 2 rings (SSSR count). The molecule has 1 aromatic heterocycles. The van der Waals surface area contributed by atoms with Gasteiger partial charge in [0.15, 0.2) is 0 Å². The van der Waals surface area contributed by atoms with Crippen molar-refractivity contribution in [2.45, 2.75) is 72.1 Å². The zero-order valence-corrected chi connectivity index (χ0v) is 13.1. The van der Waals surface area contributed by atoms with Gasteiger partial charge in [-0.05, 0) is 54.4 Å². The summed E-state index contributed by atoms with van der Waals surface area (Å²) in [6, 6.07) is 0.881. The second kappa shape index (κ2) is 5.16. The van der Waals surface area contributed by atoms with Crippen molar-refractivity contribution < 1.29 is 4.74 Å². The summed E-state index contributed by atoms with van der Waals surface area (Å²) in [4.78, 5) is 0. The molecule has 108 valence electrons. The van der Waals surface area contributed by atoms with Gasteiger partial charge in [-0.3, -0.25) is 4.68 Å². The highest BCUT2D eigenvalue weighted by Gasteiger charge is 2.29. The van der Waals surface area contributed by atoms with E-state index in [1.807, 2.05) is 0 Å². The first-order valence-electron chi connectivity index (χ1n) is 7.26. The third-order valence-electron chi connectivity index (χ3n) is 3.86. The van der Waals surface area contributed by atoms with Crippen molar-refractivity contribution in [2.75, 3.05) is 11.9 Å². The quantitative estimate of drug-likeness (QED) is 0.909. The molecule has 2 heterocycles. The normalized spacial score (nSPS) is 22.8. The molecule has 0 aliphatic carbocycles. The number of nitrogens with one attached hydrogen (secondary N) is 1. The van der Waals surface area contributed by atoms with E-state index in [0.717, 1.165) is 25.1 Å². The average molecular weight is 265 g/mol. The van der Waals surface area contributed by atoms with Gasteiger partial charge in [0.2, 0.25) is 0 Å². The minimum atomic E-state index is -0.0221. The Kier molecular flexibility index (Phi) is 3.90. The molecule has 1 saturated heterocycles. The number of hydrogen-bond acceptors (Lipinski definition) is 3. The van der Waals surface area contributed by atoms with Crippen LogP contribution < -0.4 is 5.32 Å². The minimum absolute atomic E-state index is 0.0221. The predicted molar refractivity (Wildman–Crippen MR) is 78.8 cm³/mol. The highest BCUT2D eigenvalue weighted by atomic mass is 16.5. The molecular formula is C15H27N3O. The van der Waals surface area contributed by atoms with Crippen LogP contribution in [0, 0.1) is 13.8 Å². The number of hydrogen-bond donors (Lipinski definition) is 1. The maximum atomic E-state index is 5.78. The van der Waals surface area contributed by atoms with E-state index in [4.69, 9.17) is 4.74 Å². The molecule has 1 aliphatic rings. The Bertz CT molecular complexity index is 448. The Balaban J connectivity index is 2.15. The van der Waals surface area contributed by atoms with Crippen LogP contribution >= 0.6 is 0 Å². The second-order valence-corrected chi connectivity index (χ2v) is 6.53. The van der Waals surface area contributed by atoms with Gasteiger partial charge in [0, 0.05) is 18.7 Å². The molecule has 0 aromatic carbocycles. The Morgan fingerprint density at radius 2 is 2.05 bits per heavy atom. The van der Waals surface area contributed by atoms with Crippen molar-refractivity contribution in [2.24, 2.45) is 0 Å². The van der Waals surface area contributed by atoms with Crippen molar-refractivity contribution in [3.05, 3.63) is 11.4 Å². The smallest absolute Gasteiger partial charge is 0.0828 e. The first kappa shape index (κ1) is 14.4. The van der Waals surface area contributed by atoms with Gasteiger partial charge in [-0.1, -0.05) is 0 Å². The fourth-order valence-corrected chi connectivity index (χ4v) is 2.93. The molecule has 19 heavy (non-hydrogen) atoms. The predicted octanol–water partition coefficient (Wildman–Crippen LogP) is 3.45. The maximum absolute atomic E-state index is 5.78. The molecule has 1 aromatic rings. The summed E-state index contributed by atoms with van der Waals surface area (Å²) in [5.41, 5.74) is 3.51. The molecule has 0 saturated carbocycles. The van der Waals surface area contributed by atoms with E-state index in [2.05, 4.69) is 56.6 Å². The summed E-state index contributed by atoms with van der Waals surface area (Å²) in [5.74, 6) is 0. The lowest BCUT2D eigenvalue weighted by Crippen LogP contribution is -2.40. The molecule has 0 radical (unpaired) electrons. The Morgan fingerprint density at radius 3 is 2.58 bits per heavy atom. The van der Waals surface area contributed by atoms with E-state index >= 15 is 0 Å². The lowest BCUT2D eigenvalue weighted by molar-refractivity contribution is -0.0553. The molecule has 1 atom stereocenters. The van der Waals surface area contributed by atoms with Gasteiger partial charge in [0.05, 0.1) is 22.7 Å². The molecule has 0 amide bonds. The molecular weight excluding hydrogens is 238 g/mol. The van der Waals surface area contributed by atoms with E-state index in [0.29, 0.717) is 12.1 Å². The number of ether oxygens (including phenoxy) is 1. The van der Waals surface area contributed by atoms with Crippen molar-refractivity contribution in [1.29, 1.82) is 0 Å². The van der Waals surface area contributed by atoms with E-state index in [1.54, 1.807) is 0 Å². The van der Waals surface area contributed by atoms with Crippen LogP contribution in [0.25, 0.3) is 0 Å². The minimum Gasteiger partial charge on any atom is -0.379 e. The zero-order valence-electron chi connectivity index (χ0n) is 13.1. The number of aromatic nitrogens is 2. The number of aryl methyl sites for hydroxylation is 1. The van der Waals surface area contributed by atoms with Crippen LogP contribution in [-0.4, -0.2) is 28.0 Å². The fourth-order valence-electron chi connectivity index (χ4n) is 2.93. The van der Waals surface area contributed by atoms with Gasteiger partial charge in [0.1, 0.15) is 0 Å². The van der Waals surface area contributed by atoms with E-state index in [-0.39, 0.29) is 5.60 Å². The molecule has 4 nitrogen and oxygen atoms in total. The summed E-state index contributed by atoms with van der Waals surface area (Å²) in [7, 11) is 0. The summed E-state index contributed by atoms with van der Waals surface area (Å²) < 4.78 is 7.88. The lowest BCUT2D eigenvalue weighted by atomic mass is 9.93. The van der Waals surface area contributed by atoms with E-state index < -0.39 is 0 Å². The molecule has 1 aliphatic heterocycles. The van der Waals surface area contributed by atoms with Gasteiger partial charge in [0.25, 0.3) is 0 Å². The van der Waals surface area contributed by atoms with Crippen LogP contribution in [0.3, 0.4) is 0 Å². The summed E-state index contributed by atoms with van der Waals surface area (Å²) >= 11 is 0. The van der Waals surface area contributed by atoms with Gasteiger partial charge >= 0.3 is 0 Å². The molecule has 0 spiro atoms. The number of nitrogens with zero attached hydrogens (tertiary/aromatic N) is 2. The Labute approximate surface area is 116 Å².